The predicted molar refractivity (Wildman–Crippen MR) is 74.4 cm³/mol. The highest BCUT2D eigenvalue weighted by Crippen LogP contribution is 2.25. The van der Waals surface area contributed by atoms with Gasteiger partial charge >= 0.3 is 0 Å². The molecule has 1 aliphatic rings. The summed E-state index contributed by atoms with van der Waals surface area (Å²) in [6.07, 6.45) is 7.70. The van der Waals surface area contributed by atoms with E-state index in [4.69, 9.17) is 0 Å². The molecule has 0 unspecified atom stereocenters. The van der Waals surface area contributed by atoms with Crippen LogP contribution in [0.1, 0.15) is 48.0 Å². The molecule has 0 saturated carbocycles. The summed E-state index contributed by atoms with van der Waals surface area (Å²) in [7, 11) is 0. The number of Topliss-reactive ketones (excluding diaryl/α,β-unsaturated/α-hetero) is 1. The van der Waals surface area contributed by atoms with Gasteiger partial charge in [0.25, 0.3) is 0 Å². The maximum atomic E-state index is 12.4. The first-order chi connectivity index (χ1) is 8.18. The van der Waals surface area contributed by atoms with Crippen LogP contribution in [-0.2, 0) is 0 Å². The molecule has 1 nitrogen and oxygen atoms in total. The van der Waals surface area contributed by atoms with Crippen molar-refractivity contribution in [3.63, 3.8) is 0 Å². The van der Waals surface area contributed by atoms with Gasteiger partial charge in [0.2, 0.25) is 0 Å². The Balaban J connectivity index is 2.29. The van der Waals surface area contributed by atoms with Gasteiger partial charge < -0.3 is 0 Å². The monoisotopic (exact) mass is 292 g/mol. The van der Waals surface area contributed by atoms with E-state index in [1.807, 2.05) is 25.1 Å². The number of rotatable bonds is 2. The zero-order valence-electron chi connectivity index (χ0n) is 10.1. The van der Waals surface area contributed by atoms with Crippen LogP contribution in [0.15, 0.2) is 34.3 Å². The molecule has 0 fully saturated rings. The van der Waals surface area contributed by atoms with Gasteiger partial charge in [-0.3, -0.25) is 4.79 Å². The minimum atomic E-state index is 0.197. The molecule has 1 aromatic rings. The fourth-order valence-corrected chi connectivity index (χ4v) is 2.63. The molecule has 0 atom stereocenters. The zero-order valence-corrected chi connectivity index (χ0v) is 11.7. The fraction of sp³-hybridized carbons (Fsp3) is 0.400. The highest BCUT2D eigenvalue weighted by atomic mass is 79.9. The second-order valence-electron chi connectivity index (χ2n) is 4.64. The number of hydrogen-bond acceptors (Lipinski definition) is 1. The van der Waals surface area contributed by atoms with Crippen molar-refractivity contribution in [1.29, 1.82) is 0 Å². The van der Waals surface area contributed by atoms with Gasteiger partial charge in [-0.2, -0.15) is 0 Å². The van der Waals surface area contributed by atoms with Crippen molar-refractivity contribution in [3.8, 4) is 0 Å². The molecule has 0 radical (unpaired) electrons. The van der Waals surface area contributed by atoms with Gasteiger partial charge in [-0.1, -0.05) is 40.1 Å². The second-order valence-corrected chi connectivity index (χ2v) is 5.50. The molecule has 1 aliphatic carbocycles. The Morgan fingerprint density at radius 3 is 2.88 bits per heavy atom. The predicted octanol–water partition coefficient (Wildman–Crippen LogP) is 4.83. The molecule has 0 heterocycles. The topological polar surface area (TPSA) is 17.1 Å². The summed E-state index contributed by atoms with van der Waals surface area (Å²) in [5.74, 6) is 0.197. The van der Waals surface area contributed by atoms with E-state index in [-0.39, 0.29) is 5.78 Å². The van der Waals surface area contributed by atoms with Crippen LogP contribution in [0.25, 0.3) is 0 Å². The Labute approximate surface area is 111 Å². The normalized spacial score (nSPS) is 16.2. The van der Waals surface area contributed by atoms with Crippen molar-refractivity contribution in [3.05, 3.63) is 45.4 Å². The molecule has 0 amide bonds. The van der Waals surface area contributed by atoms with Gasteiger partial charge in [-0.05, 0) is 50.3 Å². The Morgan fingerprint density at radius 2 is 2.06 bits per heavy atom. The lowest BCUT2D eigenvalue weighted by Gasteiger charge is -2.07. The maximum Gasteiger partial charge on any atom is 0.189 e. The van der Waals surface area contributed by atoms with Crippen LogP contribution in [0.3, 0.4) is 0 Å². The Bertz CT molecular complexity index is 460. The van der Waals surface area contributed by atoms with Crippen LogP contribution in [0.5, 0.6) is 0 Å². The van der Waals surface area contributed by atoms with Crippen molar-refractivity contribution >= 4 is 21.7 Å². The van der Waals surface area contributed by atoms with E-state index in [0.29, 0.717) is 0 Å². The van der Waals surface area contributed by atoms with Gasteiger partial charge in [0.1, 0.15) is 0 Å². The first-order valence-corrected chi connectivity index (χ1v) is 6.97. The third kappa shape index (κ3) is 3.06. The van der Waals surface area contributed by atoms with E-state index in [1.165, 1.54) is 12.8 Å². The van der Waals surface area contributed by atoms with E-state index in [9.17, 15) is 4.79 Å². The number of carbonyl (C=O) groups is 1. The molecule has 0 bridgehead atoms. The fourth-order valence-electron chi connectivity index (χ4n) is 2.21. The Hall–Kier alpha value is -0.890. The summed E-state index contributed by atoms with van der Waals surface area (Å²) in [6.45, 7) is 2.02. The van der Waals surface area contributed by atoms with Crippen LogP contribution in [0.4, 0.5) is 0 Å². The highest BCUT2D eigenvalue weighted by Gasteiger charge is 2.16. The molecule has 0 saturated heterocycles. The number of carbonyl (C=O) groups excluding carboxylic acids is 1. The van der Waals surface area contributed by atoms with E-state index in [1.54, 1.807) is 0 Å². The minimum Gasteiger partial charge on any atom is -0.289 e. The largest absolute Gasteiger partial charge is 0.289 e. The standard InChI is InChI=1S/C15H17BrO/c1-11-8-9-14(16)13(10-11)15(17)12-6-4-2-3-5-7-12/h6,8-10H,2-5,7H2,1H3. The highest BCUT2D eigenvalue weighted by molar-refractivity contribution is 9.10. The zero-order chi connectivity index (χ0) is 12.3. The van der Waals surface area contributed by atoms with Gasteiger partial charge in [-0.15, -0.1) is 0 Å². The van der Waals surface area contributed by atoms with E-state index in [0.717, 1.165) is 40.4 Å². The molecule has 17 heavy (non-hydrogen) atoms. The van der Waals surface area contributed by atoms with E-state index in [2.05, 4.69) is 22.0 Å². The molecular weight excluding hydrogens is 276 g/mol. The minimum absolute atomic E-state index is 0.197. The lowest BCUT2D eigenvalue weighted by Crippen LogP contribution is -2.04. The Kier molecular flexibility index (Phi) is 4.16. The third-order valence-electron chi connectivity index (χ3n) is 3.20. The molecule has 0 aromatic heterocycles. The van der Waals surface area contributed by atoms with Crippen LogP contribution in [0, 0.1) is 6.92 Å². The summed E-state index contributed by atoms with van der Waals surface area (Å²) in [4.78, 5) is 12.4. The summed E-state index contributed by atoms with van der Waals surface area (Å²) in [6, 6.07) is 5.94. The van der Waals surface area contributed by atoms with Crippen molar-refractivity contribution < 1.29 is 4.79 Å². The number of allylic oxidation sites excluding steroid dienone is 2. The average Bonchev–Trinajstić information content (AvgIpc) is 2.60. The number of ketones is 1. The number of hydrogen-bond donors (Lipinski definition) is 0. The first kappa shape index (κ1) is 12.6. The van der Waals surface area contributed by atoms with Gasteiger partial charge in [0.15, 0.2) is 5.78 Å². The smallest absolute Gasteiger partial charge is 0.189 e. The summed E-state index contributed by atoms with van der Waals surface area (Å²) >= 11 is 3.47. The van der Waals surface area contributed by atoms with Crippen molar-refractivity contribution in [2.24, 2.45) is 0 Å². The molecule has 0 N–H and O–H groups in total. The lowest BCUT2D eigenvalue weighted by atomic mass is 9.98. The van der Waals surface area contributed by atoms with Gasteiger partial charge in [-0.25, -0.2) is 0 Å². The number of benzene rings is 1. The van der Waals surface area contributed by atoms with Crippen LogP contribution >= 0.6 is 15.9 Å². The van der Waals surface area contributed by atoms with E-state index >= 15 is 0 Å². The molecular formula is C15H17BrO. The van der Waals surface area contributed by atoms with Crippen LogP contribution < -0.4 is 0 Å². The van der Waals surface area contributed by atoms with Crippen molar-refractivity contribution in [1.82, 2.24) is 0 Å². The molecule has 0 spiro atoms. The number of aryl methyl sites for hydroxylation is 1. The summed E-state index contributed by atoms with van der Waals surface area (Å²) in [5, 5.41) is 0. The van der Waals surface area contributed by atoms with E-state index < -0.39 is 0 Å². The molecule has 2 rings (SSSR count). The SMILES string of the molecule is Cc1ccc(Br)c(C(=O)C2=CCCCCC2)c1. The molecule has 90 valence electrons. The lowest BCUT2D eigenvalue weighted by molar-refractivity contribution is 0.102. The summed E-state index contributed by atoms with van der Waals surface area (Å²) in [5.41, 5.74) is 2.93. The second kappa shape index (κ2) is 5.63. The van der Waals surface area contributed by atoms with Gasteiger partial charge in [0.05, 0.1) is 0 Å². The van der Waals surface area contributed by atoms with Crippen molar-refractivity contribution in [2.75, 3.05) is 0 Å². The summed E-state index contributed by atoms with van der Waals surface area (Å²) < 4.78 is 0.901. The molecule has 0 aliphatic heterocycles. The maximum absolute atomic E-state index is 12.4. The quantitative estimate of drug-likeness (QED) is 0.714. The number of halogens is 1. The van der Waals surface area contributed by atoms with Crippen molar-refractivity contribution in [2.45, 2.75) is 39.0 Å². The van der Waals surface area contributed by atoms with Crippen LogP contribution in [-0.4, -0.2) is 5.78 Å². The third-order valence-corrected chi connectivity index (χ3v) is 3.89. The Morgan fingerprint density at radius 1 is 1.24 bits per heavy atom. The van der Waals surface area contributed by atoms with Crippen LogP contribution in [0.2, 0.25) is 0 Å². The average molecular weight is 293 g/mol. The molecule has 2 heteroatoms. The molecule has 1 aromatic carbocycles. The first-order valence-electron chi connectivity index (χ1n) is 6.18. The van der Waals surface area contributed by atoms with Gasteiger partial charge in [0, 0.05) is 10.0 Å².